The summed E-state index contributed by atoms with van der Waals surface area (Å²) in [6.07, 6.45) is 3.75. The molecule has 0 aliphatic carbocycles. The van der Waals surface area contributed by atoms with Crippen LogP contribution in [0.2, 0.25) is 0 Å². The number of amides is 3. The minimum Gasteiger partial charge on any atom is -0.477 e. The fourth-order valence-corrected chi connectivity index (χ4v) is 11.7. The van der Waals surface area contributed by atoms with Crippen molar-refractivity contribution in [3.63, 3.8) is 0 Å². The van der Waals surface area contributed by atoms with Crippen molar-refractivity contribution in [2.45, 2.75) is 48.5 Å². The Bertz CT molecular complexity index is 2420. The number of primary amides is 2. The van der Waals surface area contributed by atoms with Crippen LogP contribution in [0.25, 0.3) is 16.7 Å². The first-order valence-electron chi connectivity index (χ1n) is 19.2. The lowest BCUT2D eigenvalue weighted by molar-refractivity contribution is -0.163. The zero-order chi connectivity index (χ0) is 45.0. The number of H-pyrrole nitrogens is 2. The molecule has 8 heterocycles. The number of hydrogen-bond acceptors (Lipinski definition) is 18. The summed E-state index contributed by atoms with van der Waals surface area (Å²) in [7, 11) is 3.98. The first-order valence-corrected chi connectivity index (χ1v) is 23.5. The molecule has 1 saturated heterocycles. The number of β-lactam (4-membered cyclic amide) rings is 1. The third kappa shape index (κ3) is 10.5. The predicted molar refractivity (Wildman–Crippen MR) is 243 cm³/mol. The number of aliphatic hydroxyl groups is 2. The molecule has 0 spiro atoms. The van der Waals surface area contributed by atoms with Crippen LogP contribution in [0.15, 0.2) is 49.3 Å². The zero-order valence-corrected chi connectivity index (χ0v) is 38.8. The monoisotopic (exact) mass is 965 g/mol. The minimum atomic E-state index is -1.17. The molecular weight excluding hydrogens is 919 g/mol. The molecule has 1 fully saturated rings. The molecule has 3 aromatic heterocycles. The molecule has 8 rings (SSSR count). The molecule has 0 unspecified atom stereocenters. The summed E-state index contributed by atoms with van der Waals surface area (Å²) < 4.78 is 11.9. The number of thioether (sulfide) groups is 1. The lowest BCUT2D eigenvalue weighted by Gasteiger charge is -2.46. The number of aromatic nitrogens is 3. The molecule has 5 aliphatic rings. The van der Waals surface area contributed by atoms with E-state index in [9.17, 15) is 34.5 Å². The Labute approximate surface area is 383 Å². The molecule has 18 nitrogen and oxygen atoms in total. The standard InChI is InChI=1S/C19H22N4O6S2.C10H13N3O2S2.C9H12N2OS2/c1-7-13-12(8(2)24)16(25)23(13)14(17(26)27)15(7)31-19-22-11(6-30-19)9-3-4-21-10(9)5-29-18(20)28;1-13-3-2-6(7-5-17-10(16)12-7)8(13)4-15-9(11)14;1-11-3-2-6(8(11)4-12)7-5-14-9(13)10-7/h3,6-8,10,12-13,21,24H,4-5H2,1-2H3,(H2,20,28)(H,26,27);2,5,8H,3-4H2,1H3,(H2,11,14)(H,12,16);2,5,8,12H,3-4H2,1H3,(H,10,13)/t7-,8-,10+,12-,13-;2*8-/m100/s1. The maximum Gasteiger partial charge on any atom is 0.404 e. The summed E-state index contributed by atoms with van der Waals surface area (Å²) in [5, 5.41) is 38.0. The number of nitrogens with zero attached hydrogens (tertiary/aromatic N) is 4. The third-order valence-corrected chi connectivity index (χ3v) is 15.3. The molecule has 3 aromatic rings. The fraction of sp³-hybridized carbons (Fsp3) is 0.447. The second kappa shape index (κ2) is 20.6. The Balaban J connectivity index is 0.000000173. The Kier molecular flexibility index (Phi) is 15.8. The van der Waals surface area contributed by atoms with Gasteiger partial charge in [-0.25, -0.2) is 19.4 Å². The summed E-state index contributed by atoms with van der Waals surface area (Å²) in [6, 6.07) is -0.450. The first kappa shape index (κ1) is 47.4. The van der Waals surface area contributed by atoms with Gasteiger partial charge in [-0.1, -0.05) is 36.9 Å². The first-order chi connectivity index (χ1) is 29.5. The number of likely N-dealkylation sites (N-methyl/N-ethyl adjacent to an activating group) is 2. The van der Waals surface area contributed by atoms with E-state index in [-0.39, 0.29) is 61.5 Å². The predicted octanol–water partition coefficient (Wildman–Crippen LogP) is 3.93. The number of carbonyl (C=O) groups excluding carboxylic acids is 3. The van der Waals surface area contributed by atoms with E-state index in [1.54, 1.807) is 6.92 Å². The molecule has 7 atom stereocenters. The second-order valence-electron chi connectivity index (χ2n) is 14.8. The number of hydrogen-bond donors (Lipinski definition) is 8. The van der Waals surface area contributed by atoms with Crippen molar-refractivity contribution < 1.29 is 44.0 Å². The highest BCUT2D eigenvalue weighted by atomic mass is 32.2. The molecule has 0 radical (unpaired) electrons. The second-order valence-corrected chi connectivity index (χ2v) is 20.0. The summed E-state index contributed by atoms with van der Waals surface area (Å²) >= 11 is 15.7. The number of carboxylic acids is 1. The molecule has 3 amide bonds. The number of carbonyl (C=O) groups is 4. The fourth-order valence-electron chi connectivity index (χ4n) is 7.87. The van der Waals surface area contributed by atoms with Crippen molar-refractivity contribution in [3.05, 3.63) is 70.0 Å². The highest BCUT2D eigenvalue weighted by Gasteiger charge is 2.60. The lowest BCUT2D eigenvalue weighted by atomic mass is 9.79. The van der Waals surface area contributed by atoms with Crippen molar-refractivity contribution in [1.29, 1.82) is 0 Å². The average Bonchev–Trinajstić information content (AvgIpc) is 4.08. The van der Waals surface area contributed by atoms with Crippen LogP contribution < -0.4 is 16.8 Å². The largest absolute Gasteiger partial charge is 0.477 e. The maximum atomic E-state index is 12.5. The molecule has 62 heavy (non-hydrogen) atoms. The van der Waals surface area contributed by atoms with Crippen molar-refractivity contribution in [2.24, 2.45) is 23.3 Å². The number of thiazole rings is 3. The van der Waals surface area contributed by atoms with Crippen molar-refractivity contribution >= 4 is 111 Å². The summed E-state index contributed by atoms with van der Waals surface area (Å²) in [4.78, 5) is 62.9. The minimum absolute atomic E-state index is 0.0303. The van der Waals surface area contributed by atoms with Gasteiger partial charge in [-0.2, -0.15) is 0 Å². The number of aliphatic hydroxyl groups excluding tert-OH is 2. The Morgan fingerprint density at radius 3 is 2.05 bits per heavy atom. The molecular formula is C38H47N9O9S6. The van der Waals surface area contributed by atoms with Gasteiger partial charge in [0.15, 0.2) is 12.2 Å². The van der Waals surface area contributed by atoms with Crippen LogP contribution >= 0.6 is 70.2 Å². The van der Waals surface area contributed by atoms with Crippen LogP contribution in [-0.2, 0) is 19.1 Å². The number of fused-ring (bicyclic) bond motifs is 1. The van der Waals surface area contributed by atoms with E-state index >= 15 is 0 Å². The molecule has 24 heteroatoms. The van der Waals surface area contributed by atoms with Gasteiger partial charge in [0.25, 0.3) is 0 Å². The number of aromatic amines is 2. The van der Waals surface area contributed by atoms with E-state index in [1.165, 1.54) is 50.7 Å². The topological polar surface area (TPSA) is 266 Å². The molecule has 334 valence electrons. The van der Waals surface area contributed by atoms with E-state index in [4.69, 9.17) is 45.4 Å². The normalized spacial score (nSPS) is 24.8. The van der Waals surface area contributed by atoms with Crippen molar-refractivity contribution in [3.8, 4) is 0 Å². The smallest absolute Gasteiger partial charge is 0.404 e. The van der Waals surface area contributed by atoms with Gasteiger partial charge in [0.05, 0.1) is 59.9 Å². The van der Waals surface area contributed by atoms with Gasteiger partial charge < -0.3 is 56.4 Å². The van der Waals surface area contributed by atoms with Crippen molar-refractivity contribution in [1.82, 2.24) is 35.0 Å². The molecule has 0 saturated carbocycles. The van der Waals surface area contributed by atoms with E-state index in [0.29, 0.717) is 21.5 Å². The van der Waals surface area contributed by atoms with Crippen LogP contribution in [0.5, 0.6) is 0 Å². The van der Waals surface area contributed by atoms with E-state index < -0.39 is 30.2 Å². The molecule has 0 aromatic carbocycles. The van der Waals surface area contributed by atoms with Crippen LogP contribution in [0.4, 0.5) is 9.59 Å². The third-order valence-electron chi connectivity index (χ3n) is 10.9. The lowest BCUT2D eigenvalue weighted by Crippen LogP contribution is -2.63. The number of ether oxygens (including phenoxy) is 2. The van der Waals surface area contributed by atoms with Gasteiger partial charge in [-0.05, 0) is 62.2 Å². The van der Waals surface area contributed by atoms with Crippen LogP contribution in [-0.4, -0.2) is 153 Å². The quantitative estimate of drug-likeness (QED) is 0.0944. The van der Waals surface area contributed by atoms with Gasteiger partial charge in [0, 0.05) is 46.6 Å². The average molecular weight is 966 g/mol. The van der Waals surface area contributed by atoms with Crippen LogP contribution in [0.1, 0.15) is 30.9 Å². The Hall–Kier alpha value is -4.08. The van der Waals surface area contributed by atoms with E-state index in [1.807, 2.05) is 43.2 Å². The van der Waals surface area contributed by atoms with Gasteiger partial charge >= 0.3 is 18.2 Å². The van der Waals surface area contributed by atoms with Crippen molar-refractivity contribution in [2.75, 3.05) is 53.6 Å². The zero-order valence-electron chi connectivity index (χ0n) is 33.9. The Morgan fingerprint density at radius 2 is 1.52 bits per heavy atom. The summed E-state index contributed by atoms with van der Waals surface area (Å²) in [5.74, 6) is -2.36. The maximum absolute atomic E-state index is 12.5. The van der Waals surface area contributed by atoms with Crippen LogP contribution in [0, 0.1) is 19.7 Å². The van der Waals surface area contributed by atoms with E-state index in [0.717, 1.165) is 49.1 Å². The molecule has 10 N–H and O–H groups in total. The Morgan fingerprint density at radius 1 is 0.935 bits per heavy atom. The summed E-state index contributed by atoms with van der Waals surface area (Å²) in [5.41, 5.74) is 15.9. The molecule has 0 bridgehead atoms. The highest BCUT2D eigenvalue weighted by Crippen LogP contribution is 2.52. The van der Waals surface area contributed by atoms with E-state index in [2.05, 4.69) is 42.2 Å². The number of carboxylic acid groups (broad SMARTS) is 1. The number of aliphatic carboxylic acids is 1. The summed E-state index contributed by atoms with van der Waals surface area (Å²) in [6.45, 7) is 6.22. The highest BCUT2D eigenvalue weighted by molar-refractivity contribution is 8.04. The van der Waals surface area contributed by atoms with Gasteiger partial charge in [0.1, 0.15) is 18.9 Å². The van der Waals surface area contributed by atoms with Gasteiger partial charge in [-0.3, -0.25) is 14.6 Å². The van der Waals surface area contributed by atoms with Gasteiger partial charge in [-0.15, -0.1) is 34.0 Å². The number of nitrogens with two attached hydrogens (primary N) is 2. The molecule has 5 aliphatic heterocycles. The number of nitrogens with one attached hydrogen (secondary N) is 3. The van der Waals surface area contributed by atoms with Gasteiger partial charge in [0.2, 0.25) is 5.91 Å². The SMILES string of the molecule is CN1CC=C(c2csc(=S)[nH]2)[C@@H]1CO.CN1CC=C(c2csc(=S)[nH]2)[C@@H]1COC(N)=O.C[C@@H](O)[C@H]1C(=O)N2C(C(=O)O)=C(Sc3nc(C4=CCN[C@H]4COC(N)=O)cs3)[C@H](C)[C@H]12. The van der Waals surface area contributed by atoms with Crippen LogP contribution in [0.3, 0.4) is 0 Å². The number of rotatable bonds is 12.